The van der Waals surface area contributed by atoms with Gasteiger partial charge in [0.25, 0.3) is 0 Å². The molecule has 0 N–H and O–H groups in total. The minimum Gasteiger partial charge on any atom is -0.264 e. The van der Waals surface area contributed by atoms with Crippen LogP contribution in [0.1, 0.15) is 11.7 Å². The van der Waals surface area contributed by atoms with Gasteiger partial charge in [0.2, 0.25) is 0 Å². The Morgan fingerprint density at radius 3 is 1.96 bits per heavy atom. The van der Waals surface area contributed by atoms with Crippen molar-refractivity contribution in [2.45, 2.75) is 5.92 Å². The predicted molar refractivity (Wildman–Crippen MR) is 197 cm³/mol. The summed E-state index contributed by atoms with van der Waals surface area (Å²) in [7, 11) is 0. The van der Waals surface area contributed by atoms with Crippen LogP contribution in [0.4, 0.5) is 0 Å². The van der Waals surface area contributed by atoms with E-state index in [4.69, 9.17) is 9.97 Å². The lowest BCUT2D eigenvalue weighted by Crippen LogP contribution is -2.35. The van der Waals surface area contributed by atoms with Crippen molar-refractivity contribution >= 4 is 22.4 Å². The first-order valence-electron chi connectivity index (χ1n) is 16.4. The largest absolute Gasteiger partial charge is 0.264 e. The van der Waals surface area contributed by atoms with Gasteiger partial charge in [0.05, 0.1) is 11.4 Å². The summed E-state index contributed by atoms with van der Waals surface area (Å²) in [6.45, 7) is 0. The third kappa shape index (κ3) is 5.16. The molecule has 226 valence electrons. The first-order chi connectivity index (χ1) is 23.8. The van der Waals surface area contributed by atoms with E-state index >= 15 is 0 Å². The number of hydrogen-bond donors (Lipinski definition) is 0. The first-order valence-corrected chi connectivity index (χ1v) is 16.4. The Labute approximate surface area is 279 Å². The summed E-state index contributed by atoms with van der Waals surface area (Å²) in [4.78, 5) is 15.1. The van der Waals surface area contributed by atoms with Crippen LogP contribution >= 0.6 is 0 Å². The zero-order valence-corrected chi connectivity index (χ0v) is 26.2. The van der Waals surface area contributed by atoms with Crippen LogP contribution < -0.4 is 10.4 Å². The van der Waals surface area contributed by atoms with Crippen LogP contribution in [0.5, 0.6) is 0 Å². The van der Waals surface area contributed by atoms with Crippen LogP contribution in [0, 0.1) is 5.92 Å². The van der Waals surface area contributed by atoms with Gasteiger partial charge in [-0.2, -0.15) is 0 Å². The Hall–Kier alpha value is -6.19. The van der Waals surface area contributed by atoms with Crippen LogP contribution in [0.2, 0.25) is 0 Å². The molecule has 0 radical (unpaired) electrons. The molecule has 7 aromatic rings. The summed E-state index contributed by atoms with van der Waals surface area (Å²) in [5, 5.41) is 4.98. The minimum atomic E-state index is -0.0139. The normalized spacial score (nSPS) is 16.3. The van der Waals surface area contributed by atoms with E-state index in [0.717, 1.165) is 45.0 Å². The lowest BCUT2D eigenvalue weighted by atomic mass is 9.77. The average molecular weight is 614 g/mol. The van der Waals surface area contributed by atoms with Gasteiger partial charge in [-0.05, 0) is 73.8 Å². The molecule has 5 aromatic carbocycles. The first kappa shape index (κ1) is 28.1. The fourth-order valence-electron chi connectivity index (χ4n) is 7.11. The monoisotopic (exact) mass is 613 g/mol. The maximum absolute atomic E-state index is 5.36. The molecule has 0 spiro atoms. The van der Waals surface area contributed by atoms with Gasteiger partial charge in [-0.15, -0.1) is 0 Å². The Morgan fingerprint density at radius 1 is 0.479 bits per heavy atom. The van der Waals surface area contributed by atoms with Gasteiger partial charge >= 0.3 is 0 Å². The van der Waals surface area contributed by atoms with Crippen molar-refractivity contribution in [2.75, 3.05) is 0 Å². The van der Waals surface area contributed by atoms with Gasteiger partial charge in [0.15, 0.2) is 0 Å². The second kappa shape index (κ2) is 11.9. The third-order valence-electron chi connectivity index (χ3n) is 9.52. The molecule has 0 amide bonds. The number of nitrogens with zero attached hydrogens (tertiary/aromatic N) is 3. The summed E-state index contributed by atoms with van der Waals surface area (Å²) in [6, 6.07) is 47.3. The number of fused-ring (bicyclic) bond motifs is 3. The van der Waals surface area contributed by atoms with E-state index in [1.165, 1.54) is 32.3 Å². The van der Waals surface area contributed by atoms with E-state index < -0.39 is 0 Å². The van der Waals surface area contributed by atoms with Crippen LogP contribution in [0.3, 0.4) is 0 Å². The van der Waals surface area contributed by atoms with Crippen molar-refractivity contribution < 1.29 is 0 Å². The van der Waals surface area contributed by atoms with Gasteiger partial charge in [0.1, 0.15) is 5.82 Å². The van der Waals surface area contributed by atoms with Crippen molar-refractivity contribution in [3.63, 3.8) is 0 Å². The van der Waals surface area contributed by atoms with Crippen molar-refractivity contribution in [2.24, 2.45) is 5.92 Å². The molecule has 9 rings (SSSR count). The quantitative estimate of drug-likeness (QED) is 0.194. The van der Waals surface area contributed by atoms with E-state index in [-0.39, 0.29) is 11.8 Å². The average Bonchev–Trinajstić information content (AvgIpc) is 3.17. The number of pyridine rings is 1. The topological polar surface area (TPSA) is 38.7 Å². The zero-order chi connectivity index (χ0) is 31.9. The summed E-state index contributed by atoms with van der Waals surface area (Å²) in [5.41, 5.74) is 9.77. The molecular formula is C45H31N3. The smallest absolute Gasteiger partial charge is 0.137 e. The van der Waals surface area contributed by atoms with E-state index in [1.807, 2.05) is 12.3 Å². The van der Waals surface area contributed by atoms with Gasteiger partial charge in [-0.25, -0.2) is 9.97 Å². The fourth-order valence-corrected chi connectivity index (χ4v) is 7.11. The molecule has 3 heteroatoms. The van der Waals surface area contributed by atoms with Gasteiger partial charge < -0.3 is 0 Å². The van der Waals surface area contributed by atoms with Crippen molar-refractivity contribution in [1.29, 1.82) is 0 Å². The predicted octanol–water partition coefficient (Wildman–Crippen LogP) is 9.16. The number of benzene rings is 5. The van der Waals surface area contributed by atoms with Crippen molar-refractivity contribution in [3.8, 4) is 44.8 Å². The number of allylic oxidation sites excluding steroid dienone is 4. The Morgan fingerprint density at radius 2 is 1.17 bits per heavy atom. The Kier molecular flexibility index (Phi) is 6.94. The molecule has 3 nitrogen and oxygen atoms in total. The van der Waals surface area contributed by atoms with E-state index in [9.17, 15) is 0 Å². The highest BCUT2D eigenvalue weighted by molar-refractivity contribution is 5.88. The molecule has 0 aliphatic heterocycles. The third-order valence-corrected chi connectivity index (χ3v) is 9.52. The molecule has 2 unspecified atom stereocenters. The molecule has 2 aromatic heterocycles. The SMILES string of the molecule is C1=CC2=c3ccccc3=CC(c3nc(-c4cccc(-c5cccnc5)c4)cc(-c4cccc(-c5ccc6ccccc6c5)c4)n3)C2C=C1. The van der Waals surface area contributed by atoms with Gasteiger partial charge in [-0.3, -0.25) is 4.98 Å². The molecule has 2 atom stereocenters. The molecule has 2 heterocycles. The summed E-state index contributed by atoms with van der Waals surface area (Å²) in [6.07, 6.45) is 14.9. The Balaban J connectivity index is 1.21. The number of hydrogen-bond acceptors (Lipinski definition) is 3. The van der Waals surface area contributed by atoms with Crippen LogP contribution in [-0.4, -0.2) is 15.0 Å². The van der Waals surface area contributed by atoms with Crippen LogP contribution in [-0.2, 0) is 0 Å². The molecular weight excluding hydrogens is 583 g/mol. The molecule has 0 fully saturated rings. The van der Waals surface area contributed by atoms with E-state index in [0.29, 0.717) is 0 Å². The highest BCUT2D eigenvalue weighted by Gasteiger charge is 2.29. The molecule has 2 aliphatic rings. The summed E-state index contributed by atoms with van der Waals surface area (Å²) < 4.78 is 0. The lowest BCUT2D eigenvalue weighted by molar-refractivity contribution is 0.695. The summed E-state index contributed by atoms with van der Waals surface area (Å²) >= 11 is 0. The molecule has 0 saturated heterocycles. The zero-order valence-electron chi connectivity index (χ0n) is 26.2. The van der Waals surface area contributed by atoms with Crippen molar-refractivity contribution in [3.05, 3.63) is 186 Å². The van der Waals surface area contributed by atoms with Crippen LogP contribution in [0.15, 0.2) is 170 Å². The fraction of sp³-hybridized carbons (Fsp3) is 0.0444. The van der Waals surface area contributed by atoms with Crippen molar-refractivity contribution in [1.82, 2.24) is 15.0 Å². The Bertz CT molecular complexity index is 2530. The maximum Gasteiger partial charge on any atom is 0.137 e. The van der Waals surface area contributed by atoms with E-state index in [1.54, 1.807) is 6.20 Å². The number of rotatable bonds is 5. The molecule has 0 bridgehead atoms. The minimum absolute atomic E-state index is 0.0139. The molecule has 0 saturated carbocycles. The number of aromatic nitrogens is 3. The molecule has 2 aliphatic carbocycles. The molecule has 48 heavy (non-hydrogen) atoms. The lowest BCUT2D eigenvalue weighted by Gasteiger charge is -2.28. The van der Waals surface area contributed by atoms with Gasteiger partial charge in [-0.1, -0.05) is 134 Å². The second-order valence-electron chi connectivity index (χ2n) is 12.5. The second-order valence-corrected chi connectivity index (χ2v) is 12.5. The standard InChI is InChI=1S/C45H31N3/c1-2-11-31-24-34(22-21-30(31)10-1)32-13-7-15-36(25-32)43-28-44(37-16-8-14-33(26-37)38-17-9-23-46-29-38)48-45(47-43)42-27-35-12-3-4-18-39(35)40-19-5-6-20-41(40)42/h1-29,41-42H. The summed E-state index contributed by atoms with van der Waals surface area (Å²) in [5.74, 6) is 0.959. The highest BCUT2D eigenvalue weighted by atomic mass is 14.9. The van der Waals surface area contributed by atoms with Crippen LogP contribution in [0.25, 0.3) is 67.2 Å². The van der Waals surface area contributed by atoms with Gasteiger partial charge in [0, 0.05) is 40.9 Å². The maximum atomic E-state index is 5.36. The van der Waals surface area contributed by atoms with E-state index in [2.05, 4.69) is 163 Å². The highest BCUT2D eigenvalue weighted by Crippen LogP contribution is 2.38.